The summed E-state index contributed by atoms with van der Waals surface area (Å²) in [6, 6.07) is 12.3. The second-order valence-corrected chi connectivity index (χ2v) is 7.58. The summed E-state index contributed by atoms with van der Waals surface area (Å²) in [5.41, 5.74) is 6.67. The second kappa shape index (κ2) is 6.87. The highest BCUT2D eigenvalue weighted by molar-refractivity contribution is 7.85. The van der Waals surface area contributed by atoms with Gasteiger partial charge in [0, 0.05) is 18.6 Å². The van der Waals surface area contributed by atoms with Crippen LogP contribution in [0.4, 0.5) is 5.69 Å². The molecule has 1 unspecified atom stereocenters. The largest absolute Gasteiger partial charge is 0.744 e. The van der Waals surface area contributed by atoms with Crippen LogP contribution in [0.2, 0.25) is 0 Å². The summed E-state index contributed by atoms with van der Waals surface area (Å²) in [5, 5.41) is 0. The Morgan fingerprint density at radius 3 is 2.08 bits per heavy atom. The molecular formula is C19H23NO3S. The number of rotatable bonds is 1. The summed E-state index contributed by atoms with van der Waals surface area (Å²) < 4.78 is 33.5. The zero-order valence-electron chi connectivity index (χ0n) is 14.7. The zero-order valence-corrected chi connectivity index (χ0v) is 15.5. The van der Waals surface area contributed by atoms with E-state index in [9.17, 15) is 13.0 Å². The van der Waals surface area contributed by atoms with Gasteiger partial charge in [-0.25, -0.2) is 13.0 Å². The van der Waals surface area contributed by atoms with E-state index in [2.05, 4.69) is 50.6 Å². The van der Waals surface area contributed by atoms with Crippen LogP contribution in [0, 0.1) is 13.8 Å². The predicted molar refractivity (Wildman–Crippen MR) is 95.3 cm³/mol. The van der Waals surface area contributed by atoms with Gasteiger partial charge in [-0.2, -0.15) is 0 Å². The first-order valence-electron chi connectivity index (χ1n) is 7.82. The van der Waals surface area contributed by atoms with Crippen molar-refractivity contribution in [3.05, 3.63) is 59.2 Å². The average molecular weight is 345 g/mol. The smallest absolute Gasteiger partial charge is 0.209 e. The van der Waals surface area contributed by atoms with Crippen molar-refractivity contribution in [3.8, 4) is 0 Å². The Hall–Kier alpha value is -1.98. The van der Waals surface area contributed by atoms with Gasteiger partial charge in [-0.15, -0.1) is 0 Å². The van der Waals surface area contributed by atoms with Gasteiger partial charge in [0.1, 0.15) is 17.2 Å². The van der Waals surface area contributed by atoms with Crippen molar-refractivity contribution >= 4 is 21.5 Å². The third kappa shape index (κ3) is 3.74. The molecular weight excluding hydrogens is 322 g/mol. The van der Waals surface area contributed by atoms with E-state index in [1.54, 1.807) is 12.1 Å². The van der Waals surface area contributed by atoms with E-state index in [0.717, 1.165) is 5.56 Å². The summed E-state index contributed by atoms with van der Waals surface area (Å²) in [5.74, 6) is 0.584. The van der Waals surface area contributed by atoms with Gasteiger partial charge in [-0.1, -0.05) is 29.8 Å². The van der Waals surface area contributed by atoms with Crippen molar-refractivity contribution in [1.82, 2.24) is 0 Å². The van der Waals surface area contributed by atoms with Crippen molar-refractivity contribution in [3.63, 3.8) is 0 Å². The van der Waals surface area contributed by atoms with Crippen molar-refractivity contribution in [2.24, 2.45) is 0 Å². The third-order valence-electron chi connectivity index (χ3n) is 4.56. The van der Waals surface area contributed by atoms with E-state index in [1.807, 2.05) is 6.92 Å². The van der Waals surface area contributed by atoms with E-state index in [-0.39, 0.29) is 4.90 Å². The van der Waals surface area contributed by atoms with Crippen LogP contribution in [0.5, 0.6) is 0 Å². The fourth-order valence-corrected chi connectivity index (χ4v) is 3.38. The van der Waals surface area contributed by atoms with Crippen LogP contribution in [0.25, 0.3) is 0 Å². The lowest BCUT2D eigenvalue weighted by molar-refractivity contribution is -0.402. The molecule has 0 aromatic heterocycles. The Morgan fingerprint density at radius 1 is 1.00 bits per heavy atom. The minimum absolute atomic E-state index is 0.178. The SMILES string of the molecule is CC1=[N+](C)c2cccc(C)c2C1C.Cc1ccc(S(=O)(=O)[O-])cc1. The number of hydrogen-bond donors (Lipinski definition) is 0. The monoisotopic (exact) mass is 345 g/mol. The molecule has 5 heteroatoms. The maximum atomic E-state index is 10.4. The molecule has 1 atom stereocenters. The molecule has 3 rings (SSSR count). The highest BCUT2D eigenvalue weighted by Crippen LogP contribution is 2.35. The molecule has 0 saturated heterocycles. The van der Waals surface area contributed by atoms with E-state index >= 15 is 0 Å². The van der Waals surface area contributed by atoms with Crippen LogP contribution in [0.15, 0.2) is 47.4 Å². The number of fused-ring (bicyclic) bond motifs is 1. The minimum atomic E-state index is -4.27. The number of nitrogens with zero attached hydrogens (tertiary/aromatic N) is 1. The summed E-state index contributed by atoms with van der Waals surface area (Å²) in [6.45, 7) is 8.51. The summed E-state index contributed by atoms with van der Waals surface area (Å²) in [4.78, 5) is -0.178. The molecule has 0 amide bonds. The Labute approximate surface area is 144 Å². The molecule has 1 heterocycles. The number of benzene rings is 2. The van der Waals surface area contributed by atoms with Crippen LogP contribution in [0.3, 0.4) is 0 Å². The molecule has 0 saturated carbocycles. The predicted octanol–water partition coefficient (Wildman–Crippen LogP) is 3.75. The quantitative estimate of drug-likeness (QED) is 0.584. The Bertz CT molecular complexity index is 881. The van der Waals surface area contributed by atoms with Gasteiger partial charge in [0.15, 0.2) is 5.71 Å². The minimum Gasteiger partial charge on any atom is -0.744 e. The first-order valence-corrected chi connectivity index (χ1v) is 9.23. The lowest BCUT2D eigenvalue weighted by Crippen LogP contribution is -2.06. The topological polar surface area (TPSA) is 60.2 Å². The van der Waals surface area contributed by atoms with Gasteiger partial charge in [-0.3, -0.25) is 0 Å². The van der Waals surface area contributed by atoms with Gasteiger partial charge in [0.2, 0.25) is 5.69 Å². The maximum absolute atomic E-state index is 10.4. The van der Waals surface area contributed by atoms with Crippen LogP contribution in [-0.2, 0) is 10.1 Å². The zero-order chi connectivity index (χ0) is 18.1. The molecule has 0 N–H and O–H groups in total. The molecule has 24 heavy (non-hydrogen) atoms. The van der Waals surface area contributed by atoms with Gasteiger partial charge in [0.05, 0.1) is 10.8 Å². The molecule has 4 nitrogen and oxygen atoms in total. The first-order chi connectivity index (χ1) is 11.1. The summed E-state index contributed by atoms with van der Waals surface area (Å²) in [6.07, 6.45) is 0. The van der Waals surface area contributed by atoms with Gasteiger partial charge in [0.25, 0.3) is 0 Å². The molecule has 128 valence electrons. The van der Waals surface area contributed by atoms with Crippen molar-refractivity contribution in [2.45, 2.75) is 38.5 Å². The van der Waals surface area contributed by atoms with E-state index in [4.69, 9.17) is 0 Å². The number of aryl methyl sites for hydroxylation is 2. The normalized spacial score (nSPS) is 16.5. The Kier molecular flexibility index (Phi) is 5.26. The molecule has 0 bridgehead atoms. The molecule has 2 aromatic rings. The molecule has 0 radical (unpaired) electrons. The van der Waals surface area contributed by atoms with E-state index in [1.165, 1.54) is 34.7 Å². The maximum Gasteiger partial charge on any atom is 0.209 e. The second-order valence-electron chi connectivity index (χ2n) is 6.20. The fraction of sp³-hybridized carbons (Fsp3) is 0.316. The van der Waals surface area contributed by atoms with Gasteiger partial charge in [-0.05, 0) is 38.5 Å². The highest BCUT2D eigenvalue weighted by atomic mass is 32.2. The van der Waals surface area contributed by atoms with Crippen molar-refractivity contribution in [1.29, 1.82) is 0 Å². The molecule has 0 spiro atoms. The standard InChI is InChI=1S/C12H16N.C7H8O3S/c1-8-6-5-7-11-12(8)9(2)10(3)13(11)4;1-6-2-4-7(5-3-6)11(8,9)10/h5-7,9H,1-4H3;2-5H,1H3,(H,8,9,10)/q+1;/p-1. The van der Waals surface area contributed by atoms with Crippen LogP contribution in [0.1, 0.15) is 36.5 Å². The van der Waals surface area contributed by atoms with Crippen molar-refractivity contribution < 1.29 is 17.5 Å². The summed E-state index contributed by atoms with van der Waals surface area (Å²) >= 11 is 0. The third-order valence-corrected chi connectivity index (χ3v) is 5.41. The van der Waals surface area contributed by atoms with Crippen LogP contribution >= 0.6 is 0 Å². The molecule has 1 aliphatic heterocycles. The van der Waals surface area contributed by atoms with Crippen molar-refractivity contribution in [2.75, 3.05) is 7.05 Å². The van der Waals surface area contributed by atoms with Crippen LogP contribution in [-0.4, -0.2) is 30.3 Å². The summed E-state index contributed by atoms with van der Waals surface area (Å²) in [7, 11) is -2.12. The van der Waals surface area contributed by atoms with Gasteiger partial charge < -0.3 is 4.55 Å². The molecule has 2 aromatic carbocycles. The van der Waals surface area contributed by atoms with Gasteiger partial charge >= 0.3 is 0 Å². The molecule has 0 aliphatic carbocycles. The van der Waals surface area contributed by atoms with E-state index in [0.29, 0.717) is 5.92 Å². The molecule has 1 aliphatic rings. The lowest BCUT2D eigenvalue weighted by atomic mass is 9.95. The highest BCUT2D eigenvalue weighted by Gasteiger charge is 2.31. The molecule has 0 fully saturated rings. The average Bonchev–Trinajstić information content (AvgIpc) is 2.73. The fourth-order valence-electron chi connectivity index (χ4n) is 2.92. The Balaban J connectivity index is 0.000000177. The first kappa shape index (κ1) is 18.4. The lowest BCUT2D eigenvalue weighted by Gasteiger charge is -2.05. The van der Waals surface area contributed by atoms with E-state index < -0.39 is 10.1 Å². The Morgan fingerprint density at radius 2 is 1.58 bits per heavy atom. The number of hydrogen-bond acceptors (Lipinski definition) is 3. The van der Waals surface area contributed by atoms with Crippen LogP contribution < -0.4 is 0 Å².